The number of carboxylic acid groups (broad SMARTS) is 1. The minimum Gasteiger partial charge on any atom is -0.478 e. The molecule has 1 fully saturated rings. The van der Waals surface area contributed by atoms with E-state index in [0.717, 1.165) is 13.1 Å². The van der Waals surface area contributed by atoms with Gasteiger partial charge in [0.15, 0.2) is 0 Å². The molecule has 92 valence electrons. The highest BCUT2D eigenvalue weighted by atomic mass is 16.5. The molecule has 0 spiro atoms. The molecule has 2 rings (SSSR count). The van der Waals surface area contributed by atoms with Crippen molar-refractivity contribution in [3.8, 4) is 0 Å². The van der Waals surface area contributed by atoms with Crippen molar-refractivity contribution in [3.05, 3.63) is 23.8 Å². The number of anilines is 2. The molecule has 0 radical (unpaired) electrons. The first-order valence-electron chi connectivity index (χ1n) is 5.39. The molecule has 0 amide bonds. The Bertz CT molecular complexity index is 416. The van der Waals surface area contributed by atoms with Crippen LogP contribution in [0.2, 0.25) is 0 Å². The highest BCUT2D eigenvalue weighted by Gasteiger charge is 2.12. The van der Waals surface area contributed by atoms with Crippen LogP contribution in [0.5, 0.6) is 0 Å². The largest absolute Gasteiger partial charge is 0.478 e. The second-order valence-electron chi connectivity index (χ2n) is 3.82. The van der Waals surface area contributed by atoms with Crippen LogP contribution in [-0.4, -0.2) is 42.4 Å². The second-order valence-corrected chi connectivity index (χ2v) is 3.82. The quantitative estimate of drug-likeness (QED) is 0.668. The number of nitrogens with zero attached hydrogens (tertiary/aromatic N) is 1. The number of hydrogen-bond acceptors (Lipinski definition) is 5. The van der Waals surface area contributed by atoms with Crippen LogP contribution in [0.15, 0.2) is 18.2 Å². The second kappa shape index (κ2) is 5.03. The van der Waals surface area contributed by atoms with E-state index in [2.05, 4.69) is 5.43 Å². The van der Waals surface area contributed by atoms with Crippen molar-refractivity contribution in [1.82, 2.24) is 5.01 Å². The summed E-state index contributed by atoms with van der Waals surface area (Å²) in [5.74, 6) is -0.963. The van der Waals surface area contributed by atoms with Crippen molar-refractivity contribution in [2.75, 3.05) is 37.5 Å². The van der Waals surface area contributed by atoms with Crippen LogP contribution >= 0.6 is 0 Å². The predicted molar refractivity (Wildman–Crippen MR) is 63.8 cm³/mol. The molecular weight excluding hydrogens is 222 g/mol. The molecule has 6 heteroatoms. The zero-order valence-electron chi connectivity index (χ0n) is 9.35. The van der Waals surface area contributed by atoms with E-state index in [1.165, 1.54) is 12.1 Å². The van der Waals surface area contributed by atoms with Crippen LogP contribution in [0.25, 0.3) is 0 Å². The van der Waals surface area contributed by atoms with Gasteiger partial charge in [-0.25, -0.2) is 9.80 Å². The molecule has 0 aromatic heterocycles. The lowest BCUT2D eigenvalue weighted by Gasteiger charge is -2.28. The summed E-state index contributed by atoms with van der Waals surface area (Å²) in [6.45, 7) is 2.81. The van der Waals surface area contributed by atoms with Gasteiger partial charge >= 0.3 is 5.97 Å². The zero-order chi connectivity index (χ0) is 12.3. The third-order valence-corrected chi connectivity index (χ3v) is 2.59. The summed E-state index contributed by atoms with van der Waals surface area (Å²) < 4.78 is 5.22. The monoisotopic (exact) mass is 237 g/mol. The number of hydrazine groups is 1. The first kappa shape index (κ1) is 11.7. The lowest BCUT2D eigenvalue weighted by atomic mass is 10.2. The average Bonchev–Trinajstić information content (AvgIpc) is 2.33. The molecule has 1 aliphatic rings. The number of rotatable bonds is 3. The van der Waals surface area contributed by atoms with Crippen molar-refractivity contribution in [2.24, 2.45) is 0 Å². The van der Waals surface area contributed by atoms with Gasteiger partial charge in [-0.05, 0) is 18.2 Å². The van der Waals surface area contributed by atoms with E-state index in [0.29, 0.717) is 24.6 Å². The number of ether oxygens (including phenoxy) is 1. The summed E-state index contributed by atoms with van der Waals surface area (Å²) >= 11 is 0. The van der Waals surface area contributed by atoms with Crippen LogP contribution in [0.3, 0.4) is 0 Å². The van der Waals surface area contributed by atoms with E-state index >= 15 is 0 Å². The minimum atomic E-state index is -0.963. The van der Waals surface area contributed by atoms with E-state index < -0.39 is 5.97 Å². The molecule has 1 aromatic rings. The Morgan fingerprint density at radius 3 is 2.76 bits per heavy atom. The molecule has 1 heterocycles. The minimum absolute atomic E-state index is 0.218. The van der Waals surface area contributed by atoms with Gasteiger partial charge in [0, 0.05) is 13.1 Å². The fourth-order valence-corrected chi connectivity index (χ4v) is 1.63. The molecule has 0 aliphatic carbocycles. The Morgan fingerprint density at radius 1 is 1.41 bits per heavy atom. The lowest BCUT2D eigenvalue weighted by Crippen LogP contribution is -2.40. The average molecular weight is 237 g/mol. The van der Waals surface area contributed by atoms with Crippen molar-refractivity contribution in [1.29, 1.82) is 0 Å². The smallest absolute Gasteiger partial charge is 0.335 e. The molecule has 17 heavy (non-hydrogen) atoms. The summed E-state index contributed by atoms with van der Waals surface area (Å²) in [5, 5.41) is 10.9. The summed E-state index contributed by atoms with van der Waals surface area (Å²) in [5.41, 5.74) is 10.3. The first-order chi connectivity index (χ1) is 8.16. The number of carboxylic acids is 1. The molecule has 1 saturated heterocycles. The topological polar surface area (TPSA) is 87.8 Å². The van der Waals surface area contributed by atoms with E-state index in [9.17, 15) is 4.79 Å². The highest BCUT2D eigenvalue weighted by molar-refractivity contribution is 5.90. The highest BCUT2D eigenvalue weighted by Crippen LogP contribution is 2.21. The zero-order valence-corrected chi connectivity index (χ0v) is 9.35. The van der Waals surface area contributed by atoms with Crippen LogP contribution < -0.4 is 11.2 Å². The van der Waals surface area contributed by atoms with Gasteiger partial charge in [-0.3, -0.25) is 0 Å². The van der Waals surface area contributed by atoms with Crippen LogP contribution in [0.1, 0.15) is 10.4 Å². The maximum atomic E-state index is 10.9. The van der Waals surface area contributed by atoms with Crippen molar-refractivity contribution in [3.63, 3.8) is 0 Å². The van der Waals surface area contributed by atoms with Crippen LogP contribution in [0.4, 0.5) is 11.4 Å². The molecule has 0 saturated carbocycles. The SMILES string of the molecule is Nc1ccc(C(=O)O)cc1NN1CCOCC1. The molecule has 0 unspecified atom stereocenters. The van der Waals surface area contributed by atoms with Gasteiger partial charge in [0.25, 0.3) is 0 Å². The summed E-state index contributed by atoms with van der Waals surface area (Å²) in [6, 6.07) is 4.61. The van der Waals surface area contributed by atoms with Crippen molar-refractivity contribution in [2.45, 2.75) is 0 Å². The summed E-state index contributed by atoms with van der Waals surface area (Å²) in [7, 11) is 0. The number of hydrogen-bond donors (Lipinski definition) is 3. The van der Waals surface area contributed by atoms with E-state index in [4.69, 9.17) is 15.6 Å². The fraction of sp³-hybridized carbons (Fsp3) is 0.364. The van der Waals surface area contributed by atoms with Gasteiger partial charge in [-0.2, -0.15) is 0 Å². The molecule has 4 N–H and O–H groups in total. The third kappa shape index (κ3) is 2.86. The molecule has 0 bridgehead atoms. The number of aromatic carboxylic acids is 1. The van der Waals surface area contributed by atoms with Gasteiger partial charge in [-0.15, -0.1) is 0 Å². The lowest BCUT2D eigenvalue weighted by molar-refractivity contribution is 0.0497. The van der Waals surface area contributed by atoms with Crippen LogP contribution in [0, 0.1) is 0 Å². The van der Waals surface area contributed by atoms with Crippen molar-refractivity contribution < 1.29 is 14.6 Å². The summed E-state index contributed by atoms with van der Waals surface area (Å²) in [4.78, 5) is 10.9. The maximum Gasteiger partial charge on any atom is 0.335 e. The van der Waals surface area contributed by atoms with Gasteiger partial charge in [-0.1, -0.05) is 0 Å². The number of benzene rings is 1. The van der Waals surface area contributed by atoms with Gasteiger partial charge in [0.1, 0.15) is 0 Å². The van der Waals surface area contributed by atoms with E-state index in [1.54, 1.807) is 6.07 Å². The van der Waals surface area contributed by atoms with Crippen LogP contribution in [-0.2, 0) is 4.74 Å². The Hall–Kier alpha value is -1.79. The Morgan fingerprint density at radius 2 is 2.12 bits per heavy atom. The number of nitrogen functional groups attached to an aromatic ring is 1. The molecule has 1 aliphatic heterocycles. The standard InChI is InChI=1S/C11H15N3O3/c12-9-2-1-8(11(15)16)7-10(9)13-14-3-5-17-6-4-14/h1-2,7,13H,3-6,12H2,(H,15,16). The van der Waals surface area contributed by atoms with Gasteiger partial charge in [0.2, 0.25) is 0 Å². The Kier molecular flexibility index (Phi) is 3.46. The van der Waals surface area contributed by atoms with E-state index in [1.807, 2.05) is 5.01 Å². The van der Waals surface area contributed by atoms with Gasteiger partial charge < -0.3 is 21.0 Å². The van der Waals surface area contributed by atoms with Gasteiger partial charge in [0.05, 0.1) is 30.2 Å². The fourth-order valence-electron chi connectivity index (χ4n) is 1.63. The molecule has 1 aromatic carbocycles. The summed E-state index contributed by atoms with van der Waals surface area (Å²) in [6.07, 6.45) is 0. The van der Waals surface area contributed by atoms with E-state index in [-0.39, 0.29) is 5.56 Å². The maximum absolute atomic E-state index is 10.9. The number of nitrogens with one attached hydrogen (secondary N) is 1. The predicted octanol–water partition coefficient (Wildman–Crippen LogP) is 0.626. The molecule has 6 nitrogen and oxygen atoms in total. The Labute approximate surface area is 98.9 Å². The Balaban J connectivity index is 2.13. The number of nitrogens with two attached hydrogens (primary N) is 1. The third-order valence-electron chi connectivity index (χ3n) is 2.59. The molecule has 0 atom stereocenters. The number of morpholine rings is 1. The number of carbonyl (C=O) groups is 1. The first-order valence-corrected chi connectivity index (χ1v) is 5.39. The van der Waals surface area contributed by atoms with Crippen molar-refractivity contribution >= 4 is 17.3 Å². The normalized spacial score (nSPS) is 16.7. The molecular formula is C11H15N3O3.